The van der Waals surface area contributed by atoms with Gasteiger partial charge in [-0.05, 0) is 50.6 Å². The fourth-order valence-electron chi connectivity index (χ4n) is 4.02. The summed E-state index contributed by atoms with van der Waals surface area (Å²) < 4.78 is 0. The van der Waals surface area contributed by atoms with Crippen LogP contribution in [-0.4, -0.2) is 48.9 Å². The summed E-state index contributed by atoms with van der Waals surface area (Å²) in [7, 11) is 0. The van der Waals surface area contributed by atoms with Gasteiger partial charge in [0.1, 0.15) is 0 Å². The molecule has 2 N–H and O–H groups in total. The second-order valence-corrected chi connectivity index (χ2v) is 6.91. The highest BCUT2D eigenvalue weighted by Gasteiger charge is 2.58. The molecule has 126 valence electrons. The van der Waals surface area contributed by atoms with E-state index in [2.05, 4.69) is 10.6 Å². The second-order valence-electron chi connectivity index (χ2n) is 6.91. The molecular formula is C16H28ClN3O2. The molecule has 2 atom stereocenters. The van der Waals surface area contributed by atoms with Gasteiger partial charge >= 0.3 is 0 Å². The minimum Gasteiger partial charge on any atom is -0.352 e. The van der Waals surface area contributed by atoms with Crippen LogP contribution in [0.5, 0.6) is 0 Å². The van der Waals surface area contributed by atoms with E-state index in [1.807, 2.05) is 11.8 Å². The molecular weight excluding hydrogens is 302 g/mol. The Morgan fingerprint density at radius 1 is 1.32 bits per heavy atom. The zero-order chi connectivity index (χ0) is 14.9. The molecule has 2 saturated heterocycles. The number of carbonyl (C=O) groups is 2. The van der Waals surface area contributed by atoms with Gasteiger partial charge in [-0.3, -0.25) is 9.59 Å². The smallest absolute Gasteiger partial charge is 0.226 e. The molecule has 1 aliphatic carbocycles. The highest BCUT2D eigenvalue weighted by molar-refractivity contribution is 5.85. The summed E-state index contributed by atoms with van der Waals surface area (Å²) in [6.45, 7) is 5.54. The van der Waals surface area contributed by atoms with Crippen molar-refractivity contribution < 1.29 is 9.59 Å². The molecule has 0 aromatic carbocycles. The molecule has 6 heteroatoms. The summed E-state index contributed by atoms with van der Waals surface area (Å²) in [5, 5.41) is 6.42. The molecule has 2 heterocycles. The van der Waals surface area contributed by atoms with E-state index in [4.69, 9.17) is 0 Å². The van der Waals surface area contributed by atoms with E-state index in [0.717, 1.165) is 51.7 Å². The van der Waals surface area contributed by atoms with E-state index in [1.165, 1.54) is 0 Å². The second kappa shape index (κ2) is 7.18. The average Bonchev–Trinajstić information content (AvgIpc) is 3.20. The number of nitrogens with zero attached hydrogens (tertiary/aromatic N) is 1. The summed E-state index contributed by atoms with van der Waals surface area (Å²) in [6.07, 6.45) is 5.89. The lowest BCUT2D eigenvalue weighted by Gasteiger charge is -2.34. The summed E-state index contributed by atoms with van der Waals surface area (Å²) in [5.41, 5.74) is 0.307. The lowest BCUT2D eigenvalue weighted by Crippen LogP contribution is -2.50. The Morgan fingerprint density at radius 2 is 2.05 bits per heavy atom. The summed E-state index contributed by atoms with van der Waals surface area (Å²) in [6, 6.07) is 0.151. The van der Waals surface area contributed by atoms with Crippen molar-refractivity contribution in [1.29, 1.82) is 0 Å². The van der Waals surface area contributed by atoms with Gasteiger partial charge in [0.2, 0.25) is 11.8 Å². The van der Waals surface area contributed by atoms with E-state index in [0.29, 0.717) is 24.3 Å². The van der Waals surface area contributed by atoms with Crippen LogP contribution in [0.15, 0.2) is 0 Å². The number of piperidine rings is 2. The van der Waals surface area contributed by atoms with Crippen LogP contribution >= 0.6 is 12.4 Å². The molecule has 0 aromatic heterocycles. The normalized spacial score (nSPS) is 29.6. The predicted octanol–water partition coefficient (Wildman–Crippen LogP) is 1.32. The Hall–Kier alpha value is -0.810. The number of hydrogen-bond donors (Lipinski definition) is 2. The van der Waals surface area contributed by atoms with E-state index in [9.17, 15) is 9.59 Å². The van der Waals surface area contributed by atoms with Crippen LogP contribution in [0.2, 0.25) is 0 Å². The zero-order valence-electron chi connectivity index (χ0n) is 13.4. The van der Waals surface area contributed by atoms with Gasteiger partial charge < -0.3 is 15.5 Å². The molecule has 0 aromatic rings. The number of halogens is 1. The maximum Gasteiger partial charge on any atom is 0.226 e. The third-order valence-corrected chi connectivity index (χ3v) is 5.51. The first kappa shape index (κ1) is 17.5. The quantitative estimate of drug-likeness (QED) is 0.821. The fraction of sp³-hybridized carbons (Fsp3) is 0.875. The molecule has 1 saturated carbocycles. The Bertz CT molecular complexity index is 424. The van der Waals surface area contributed by atoms with Crippen LogP contribution in [-0.2, 0) is 9.59 Å². The molecule has 3 aliphatic rings. The predicted molar refractivity (Wildman–Crippen MR) is 87.9 cm³/mol. The third-order valence-electron chi connectivity index (χ3n) is 5.51. The van der Waals surface area contributed by atoms with Crippen molar-refractivity contribution in [2.45, 2.75) is 51.5 Å². The molecule has 2 aliphatic heterocycles. The van der Waals surface area contributed by atoms with Crippen molar-refractivity contribution in [3.05, 3.63) is 0 Å². The van der Waals surface area contributed by atoms with Crippen LogP contribution < -0.4 is 10.6 Å². The van der Waals surface area contributed by atoms with Crippen molar-refractivity contribution in [1.82, 2.24) is 15.5 Å². The average molecular weight is 330 g/mol. The van der Waals surface area contributed by atoms with Crippen molar-refractivity contribution in [2.24, 2.45) is 11.3 Å². The molecule has 2 amide bonds. The molecule has 3 rings (SSSR count). The molecule has 0 bridgehead atoms. The van der Waals surface area contributed by atoms with Gasteiger partial charge in [0.25, 0.3) is 0 Å². The summed E-state index contributed by atoms with van der Waals surface area (Å²) in [5.74, 6) is 0.683. The first-order valence-corrected chi connectivity index (χ1v) is 8.43. The monoisotopic (exact) mass is 329 g/mol. The highest BCUT2D eigenvalue weighted by Crippen LogP contribution is 2.59. The van der Waals surface area contributed by atoms with Crippen LogP contribution in [0.25, 0.3) is 0 Å². The zero-order valence-corrected chi connectivity index (χ0v) is 14.2. The van der Waals surface area contributed by atoms with Crippen LogP contribution in [0.3, 0.4) is 0 Å². The highest BCUT2D eigenvalue weighted by atomic mass is 35.5. The van der Waals surface area contributed by atoms with Crippen molar-refractivity contribution >= 4 is 24.2 Å². The van der Waals surface area contributed by atoms with Gasteiger partial charge in [0.15, 0.2) is 0 Å². The molecule has 3 fully saturated rings. The van der Waals surface area contributed by atoms with E-state index in [1.54, 1.807) is 0 Å². The standard InChI is InChI=1S/C16H27N3O2.ClH/c1-2-14(20)18-12-4-3-9-19(11-12)15(21)13-10-16(13)5-7-17-8-6-16;/h12-13,17H,2-11H2,1H3,(H,18,20);1H. The van der Waals surface area contributed by atoms with Gasteiger partial charge in [0, 0.05) is 31.5 Å². The minimum atomic E-state index is 0. The number of amides is 2. The Balaban J connectivity index is 0.00000176. The van der Waals surface area contributed by atoms with E-state index >= 15 is 0 Å². The van der Waals surface area contributed by atoms with Gasteiger partial charge in [-0.2, -0.15) is 0 Å². The lowest BCUT2D eigenvalue weighted by molar-refractivity contribution is -0.135. The van der Waals surface area contributed by atoms with E-state index < -0.39 is 0 Å². The topological polar surface area (TPSA) is 61.4 Å². The van der Waals surface area contributed by atoms with Gasteiger partial charge in [-0.1, -0.05) is 6.92 Å². The van der Waals surface area contributed by atoms with E-state index in [-0.39, 0.29) is 30.3 Å². The molecule has 2 unspecified atom stereocenters. The van der Waals surface area contributed by atoms with Crippen molar-refractivity contribution in [3.63, 3.8) is 0 Å². The lowest BCUT2D eigenvalue weighted by atomic mass is 9.91. The number of nitrogens with one attached hydrogen (secondary N) is 2. The summed E-state index contributed by atoms with van der Waals surface area (Å²) >= 11 is 0. The number of carbonyl (C=O) groups excluding carboxylic acids is 2. The maximum atomic E-state index is 12.7. The third kappa shape index (κ3) is 3.57. The van der Waals surface area contributed by atoms with Gasteiger partial charge in [0.05, 0.1) is 0 Å². The Kier molecular flexibility index (Phi) is 5.72. The Morgan fingerprint density at radius 3 is 2.73 bits per heavy atom. The molecule has 5 nitrogen and oxygen atoms in total. The SMILES string of the molecule is CCC(=O)NC1CCCN(C(=O)C2CC23CCNCC3)C1.Cl. The number of likely N-dealkylation sites (tertiary alicyclic amines) is 1. The van der Waals surface area contributed by atoms with Crippen molar-refractivity contribution in [2.75, 3.05) is 26.2 Å². The summed E-state index contributed by atoms with van der Waals surface area (Å²) in [4.78, 5) is 26.3. The van der Waals surface area contributed by atoms with Crippen molar-refractivity contribution in [3.8, 4) is 0 Å². The number of rotatable bonds is 3. The first-order valence-electron chi connectivity index (χ1n) is 8.43. The minimum absolute atomic E-state index is 0. The Labute approximate surface area is 139 Å². The largest absolute Gasteiger partial charge is 0.352 e. The maximum absolute atomic E-state index is 12.7. The number of hydrogen-bond acceptors (Lipinski definition) is 3. The van der Waals surface area contributed by atoms with Crippen LogP contribution in [0.4, 0.5) is 0 Å². The van der Waals surface area contributed by atoms with Gasteiger partial charge in [-0.15, -0.1) is 12.4 Å². The molecule has 22 heavy (non-hydrogen) atoms. The van der Waals surface area contributed by atoms with Gasteiger partial charge in [-0.25, -0.2) is 0 Å². The fourth-order valence-corrected chi connectivity index (χ4v) is 4.02. The first-order chi connectivity index (χ1) is 10.1. The molecule has 0 radical (unpaired) electrons. The molecule has 1 spiro atoms. The van der Waals surface area contributed by atoms with Crippen LogP contribution in [0, 0.1) is 11.3 Å². The van der Waals surface area contributed by atoms with Crippen LogP contribution in [0.1, 0.15) is 45.4 Å².